The third kappa shape index (κ3) is 3.36. The van der Waals surface area contributed by atoms with Crippen molar-refractivity contribution in [2.75, 3.05) is 12.3 Å². The minimum atomic E-state index is -3.84. The Morgan fingerprint density at radius 2 is 1.71 bits per heavy atom. The van der Waals surface area contributed by atoms with Crippen LogP contribution in [0.5, 0.6) is 0 Å². The van der Waals surface area contributed by atoms with E-state index in [1.165, 1.54) is 23.9 Å². The van der Waals surface area contributed by atoms with Crippen LogP contribution < -0.4 is 5.56 Å². The van der Waals surface area contributed by atoms with Gasteiger partial charge in [-0.3, -0.25) is 14.2 Å². The largest absolute Gasteiger partial charge is 0.284 e. The van der Waals surface area contributed by atoms with Gasteiger partial charge in [0, 0.05) is 18.3 Å². The van der Waals surface area contributed by atoms with E-state index < -0.39 is 15.9 Å². The van der Waals surface area contributed by atoms with Gasteiger partial charge in [-0.15, -0.1) is 0 Å². The van der Waals surface area contributed by atoms with Crippen LogP contribution in [0.25, 0.3) is 10.9 Å². The first-order chi connectivity index (χ1) is 15.0. The molecule has 1 amide bonds. The number of sulfonamides is 1. The molecule has 9 heteroatoms. The van der Waals surface area contributed by atoms with Crippen LogP contribution in [-0.4, -0.2) is 40.5 Å². The number of thioether (sulfide) groups is 1. The Hall–Kier alpha value is -2.65. The summed E-state index contributed by atoms with van der Waals surface area (Å²) in [4.78, 5) is 30.6. The number of aromatic nitrogens is 2. The Kier molecular flexibility index (Phi) is 5.10. The monoisotopic (exact) mass is 455 g/mol. The molecule has 31 heavy (non-hydrogen) atoms. The van der Waals surface area contributed by atoms with Crippen LogP contribution in [0, 0.1) is 0 Å². The molecule has 1 aliphatic heterocycles. The summed E-state index contributed by atoms with van der Waals surface area (Å²) in [7, 11) is -3.84. The zero-order valence-corrected chi connectivity index (χ0v) is 18.4. The predicted octanol–water partition coefficient (Wildman–Crippen LogP) is 3.45. The summed E-state index contributed by atoms with van der Waals surface area (Å²) in [5.74, 6) is -0.188. The maximum Gasteiger partial charge on any atom is 0.269 e. The van der Waals surface area contributed by atoms with Crippen molar-refractivity contribution in [3.05, 3.63) is 64.4 Å². The molecule has 2 aliphatic rings. The van der Waals surface area contributed by atoms with Gasteiger partial charge in [0.25, 0.3) is 21.5 Å². The first-order valence-electron chi connectivity index (χ1n) is 10.3. The molecule has 160 valence electrons. The second kappa shape index (κ2) is 7.80. The van der Waals surface area contributed by atoms with Gasteiger partial charge >= 0.3 is 0 Å². The van der Waals surface area contributed by atoms with E-state index in [-0.39, 0.29) is 28.6 Å². The molecule has 2 aromatic carbocycles. The molecule has 1 fully saturated rings. The number of para-hydroxylation sites is 1. The van der Waals surface area contributed by atoms with E-state index in [1.807, 2.05) is 18.2 Å². The Balaban J connectivity index is 1.43. The van der Waals surface area contributed by atoms with Crippen LogP contribution in [0.2, 0.25) is 0 Å². The lowest BCUT2D eigenvalue weighted by Crippen LogP contribution is -2.32. The number of benzene rings is 2. The summed E-state index contributed by atoms with van der Waals surface area (Å²) >= 11 is 1.32. The Morgan fingerprint density at radius 1 is 1.00 bits per heavy atom. The number of amides is 1. The van der Waals surface area contributed by atoms with Crippen LogP contribution in [-0.2, 0) is 10.0 Å². The van der Waals surface area contributed by atoms with Crippen molar-refractivity contribution < 1.29 is 13.2 Å². The molecule has 1 aromatic heterocycles. The lowest BCUT2D eigenvalue weighted by molar-refractivity contribution is 0.0876. The fraction of sp³-hybridized carbons (Fsp3) is 0.318. The number of rotatable bonds is 5. The second-order valence-electron chi connectivity index (χ2n) is 7.75. The zero-order chi connectivity index (χ0) is 21.6. The number of carbonyl (C=O) groups is 1. The third-order valence-electron chi connectivity index (χ3n) is 5.90. The normalized spacial score (nSPS) is 18.1. The lowest BCUT2D eigenvalue weighted by Gasteiger charge is -2.19. The van der Waals surface area contributed by atoms with Gasteiger partial charge in [0.2, 0.25) is 0 Å². The summed E-state index contributed by atoms with van der Waals surface area (Å²) in [6.07, 6.45) is 4.02. The molecule has 2 heterocycles. The van der Waals surface area contributed by atoms with Gasteiger partial charge in [-0.1, -0.05) is 48.9 Å². The molecular weight excluding hydrogens is 434 g/mol. The van der Waals surface area contributed by atoms with Gasteiger partial charge < -0.3 is 0 Å². The molecule has 1 saturated carbocycles. The summed E-state index contributed by atoms with van der Waals surface area (Å²) in [5, 5.41) is 1.17. The Morgan fingerprint density at radius 3 is 2.48 bits per heavy atom. The molecule has 7 nitrogen and oxygen atoms in total. The van der Waals surface area contributed by atoms with Gasteiger partial charge in [-0.2, -0.15) is 0 Å². The maximum absolute atomic E-state index is 13.2. The van der Waals surface area contributed by atoms with Gasteiger partial charge in [-0.05, 0) is 37.1 Å². The summed E-state index contributed by atoms with van der Waals surface area (Å²) in [6, 6.07) is 13.6. The molecule has 0 spiro atoms. The van der Waals surface area contributed by atoms with Gasteiger partial charge in [0.15, 0.2) is 5.16 Å². The lowest BCUT2D eigenvalue weighted by atomic mass is 10.2. The molecule has 0 saturated heterocycles. The van der Waals surface area contributed by atoms with Crippen molar-refractivity contribution in [2.24, 2.45) is 0 Å². The standard InChI is InChI=1S/C22H21N3O4S2/c26-20-17-10-4-6-12-19(17)31(28,29)24(20)13-14-30-22-23-18-11-5-3-9-16(18)21(27)25(22)15-7-1-2-8-15/h3-6,9-12,15H,1-2,7-8,13-14H2. The second-order valence-corrected chi connectivity index (χ2v) is 10.6. The van der Waals surface area contributed by atoms with E-state index >= 15 is 0 Å². The Bertz CT molecular complexity index is 1340. The summed E-state index contributed by atoms with van der Waals surface area (Å²) in [6.45, 7) is 0.0217. The van der Waals surface area contributed by atoms with Gasteiger partial charge in [0.1, 0.15) is 4.90 Å². The molecular formula is C22H21N3O4S2. The SMILES string of the molecule is O=C1c2ccccc2S(=O)(=O)N1CCSc1nc2ccccc2c(=O)n1C1CCCC1. The van der Waals surface area contributed by atoms with E-state index in [4.69, 9.17) is 4.98 Å². The maximum atomic E-state index is 13.2. The zero-order valence-electron chi connectivity index (χ0n) is 16.7. The van der Waals surface area contributed by atoms with Crippen LogP contribution >= 0.6 is 11.8 Å². The van der Waals surface area contributed by atoms with Crippen molar-refractivity contribution in [1.29, 1.82) is 0 Å². The number of hydrogen-bond donors (Lipinski definition) is 0. The van der Waals surface area contributed by atoms with Gasteiger partial charge in [0.05, 0.1) is 16.5 Å². The Labute approximate surface area is 184 Å². The van der Waals surface area contributed by atoms with E-state index in [9.17, 15) is 18.0 Å². The molecule has 0 radical (unpaired) electrons. The van der Waals surface area contributed by atoms with E-state index in [2.05, 4.69) is 0 Å². The highest BCUT2D eigenvalue weighted by Crippen LogP contribution is 2.33. The fourth-order valence-corrected chi connectivity index (χ4v) is 7.06. The quantitative estimate of drug-likeness (QED) is 0.432. The highest BCUT2D eigenvalue weighted by Gasteiger charge is 2.40. The minimum absolute atomic E-state index is 0.0217. The van der Waals surface area contributed by atoms with E-state index in [1.54, 1.807) is 22.8 Å². The molecule has 0 unspecified atom stereocenters. The molecule has 0 bridgehead atoms. The topological polar surface area (TPSA) is 89.3 Å². The van der Waals surface area contributed by atoms with Gasteiger partial charge in [-0.25, -0.2) is 17.7 Å². The number of carbonyl (C=O) groups excluding carboxylic acids is 1. The highest BCUT2D eigenvalue weighted by atomic mass is 32.2. The van der Waals surface area contributed by atoms with Crippen molar-refractivity contribution in [1.82, 2.24) is 13.9 Å². The molecule has 0 atom stereocenters. The predicted molar refractivity (Wildman–Crippen MR) is 119 cm³/mol. The number of fused-ring (bicyclic) bond motifs is 2. The van der Waals surface area contributed by atoms with E-state index in [0.29, 0.717) is 21.8 Å². The van der Waals surface area contributed by atoms with Crippen molar-refractivity contribution in [2.45, 2.75) is 41.8 Å². The van der Waals surface area contributed by atoms with Crippen LogP contribution in [0.4, 0.5) is 0 Å². The number of nitrogens with zero attached hydrogens (tertiary/aromatic N) is 3. The highest BCUT2D eigenvalue weighted by molar-refractivity contribution is 7.99. The third-order valence-corrected chi connectivity index (χ3v) is 8.68. The molecule has 5 rings (SSSR count). The molecule has 1 aliphatic carbocycles. The summed E-state index contributed by atoms with van der Waals surface area (Å²) < 4.78 is 28.2. The first kappa shape index (κ1) is 20.3. The van der Waals surface area contributed by atoms with Crippen LogP contribution in [0.3, 0.4) is 0 Å². The summed E-state index contributed by atoms with van der Waals surface area (Å²) in [5.41, 5.74) is 0.776. The van der Waals surface area contributed by atoms with Crippen LogP contribution in [0.15, 0.2) is 63.4 Å². The van der Waals surface area contributed by atoms with Crippen LogP contribution in [0.1, 0.15) is 42.1 Å². The average Bonchev–Trinajstić information content (AvgIpc) is 3.36. The minimum Gasteiger partial charge on any atom is -0.284 e. The number of hydrogen-bond acceptors (Lipinski definition) is 6. The fourth-order valence-electron chi connectivity index (χ4n) is 4.38. The first-order valence-corrected chi connectivity index (χ1v) is 12.7. The van der Waals surface area contributed by atoms with Crippen molar-refractivity contribution in [3.63, 3.8) is 0 Å². The van der Waals surface area contributed by atoms with Crippen molar-refractivity contribution in [3.8, 4) is 0 Å². The van der Waals surface area contributed by atoms with Crippen molar-refractivity contribution >= 4 is 38.6 Å². The average molecular weight is 456 g/mol. The molecule has 0 N–H and O–H groups in total. The molecule has 3 aromatic rings. The smallest absolute Gasteiger partial charge is 0.269 e. The van der Waals surface area contributed by atoms with E-state index in [0.717, 1.165) is 30.0 Å².